The summed E-state index contributed by atoms with van der Waals surface area (Å²) in [6.07, 6.45) is 1.68. The van der Waals surface area contributed by atoms with Crippen LogP contribution in [0.5, 0.6) is 0 Å². The first-order valence-electron chi connectivity index (χ1n) is 7.36. The van der Waals surface area contributed by atoms with E-state index in [1.807, 2.05) is 30.3 Å². The highest BCUT2D eigenvalue weighted by Crippen LogP contribution is 2.28. The van der Waals surface area contributed by atoms with Crippen LogP contribution in [0.15, 0.2) is 34.9 Å². The highest BCUT2D eigenvalue weighted by molar-refractivity contribution is 7.88. The zero-order valence-electron chi connectivity index (χ0n) is 12.5. The van der Waals surface area contributed by atoms with Gasteiger partial charge in [0.15, 0.2) is 5.82 Å². The Morgan fingerprint density at radius 3 is 2.77 bits per heavy atom. The van der Waals surface area contributed by atoms with Crippen LogP contribution in [0.25, 0.3) is 0 Å². The van der Waals surface area contributed by atoms with E-state index in [0.29, 0.717) is 24.8 Å². The maximum atomic E-state index is 12.6. The van der Waals surface area contributed by atoms with E-state index in [1.165, 1.54) is 0 Å². The average molecular weight is 321 g/mol. The van der Waals surface area contributed by atoms with Crippen LogP contribution in [0, 0.1) is 6.92 Å². The lowest BCUT2D eigenvalue weighted by atomic mass is 10.00. The highest BCUT2D eigenvalue weighted by atomic mass is 32.2. The van der Waals surface area contributed by atoms with E-state index in [2.05, 4.69) is 10.1 Å². The first kappa shape index (κ1) is 15.2. The van der Waals surface area contributed by atoms with Gasteiger partial charge in [-0.05, 0) is 25.3 Å². The Bertz CT molecular complexity index is 728. The molecule has 6 nitrogen and oxygen atoms in total. The molecular formula is C15H19N3O3S. The van der Waals surface area contributed by atoms with Gasteiger partial charge in [0.05, 0.1) is 11.7 Å². The molecule has 2 aromatic rings. The number of hydrogen-bond acceptors (Lipinski definition) is 5. The van der Waals surface area contributed by atoms with Crippen molar-refractivity contribution in [1.29, 1.82) is 0 Å². The summed E-state index contributed by atoms with van der Waals surface area (Å²) in [7, 11) is -3.33. The molecule has 118 valence electrons. The average Bonchev–Trinajstić information content (AvgIpc) is 2.95. The molecule has 0 bridgehead atoms. The molecule has 1 aromatic carbocycles. The van der Waals surface area contributed by atoms with Crippen LogP contribution >= 0.6 is 0 Å². The van der Waals surface area contributed by atoms with Crippen LogP contribution in [0.2, 0.25) is 0 Å². The summed E-state index contributed by atoms with van der Waals surface area (Å²) in [5.74, 6) is 1.14. The molecule has 0 aliphatic carbocycles. The highest BCUT2D eigenvalue weighted by Gasteiger charge is 2.32. The van der Waals surface area contributed by atoms with Crippen molar-refractivity contribution in [2.24, 2.45) is 0 Å². The van der Waals surface area contributed by atoms with Crippen molar-refractivity contribution in [2.45, 2.75) is 31.4 Å². The molecule has 0 radical (unpaired) electrons. The molecule has 3 rings (SSSR count). The van der Waals surface area contributed by atoms with Gasteiger partial charge in [0.25, 0.3) is 0 Å². The van der Waals surface area contributed by atoms with E-state index in [0.717, 1.165) is 18.4 Å². The molecule has 1 fully saturated rings. The molecule has 7 heteroatoms. The predicted octanol–water partition coefficient (Wildman–Crippen LogP) is 2.09. The third kappa shape index (κ3) is 3.36. The van der Waals surface area contributed by atoms with Crippen molar-refractivity contribution in [2.75, 3.05) is 13.1 Å². The standard InChI is InChI=1S/C15H19N3O3S/c1-12-16-15(21-17-12)14-8-5-9-18(10-14)22(19,20)11-13-6-3-2-4-7-13/h2-4,6-7,14H,5,8-11H2,1H3/t14-/m1/s1. The summed E-state index contributed by atoms with van der Waals surface area (Å²) in [5, 5.41) is 3.79. The second-order valence-electron chi connectivity index (χ2n) is 5.62. The van der Waals surface area contributed by atoms with Gasteiger partial charge in [-0.3, -0.25) is 0 Å². The Hall–Kier alpha value is -1.73. The van der Waals surface area contributed by atoms with Gasteiger partial charge in [0.1, 0.15) is 0 Å². The maximum absolute atomic E-state index is 12.6. The van der Waals surface area contributed by atoms with Crippen LogP contribution in [-0.2, 0) is 15.8 Å². The van der Waals surface area contributed by atoms with E-state index in [1.54, 1.807) is 11.2 Å². The SMILES string of the molecule is Cc1noc([C@@H]2CCCN(S(=O)(=O)Cc3ccccc3)C2)n1. The Labute approximate surface area is 130 Å². The van der Waals surface area contributed by atoms with Gasteiger partial charge in [0, 0.05) is 13.1 Å². The first-order chi connectivity index (χ1) is 10.5. The minimum Gasteiger partial charge on any atom is -0.339 e. The van der Waals surface area contributed by atoms with E-state index in [-0.39, 0.29) is 11.7 Å². The van der Waals surface area contributed by atoms with Gasteiger partial charge in [-0.2, -0.15) is 4.98 Å². The van der Waals surface area contributed by atoms with Crippen molar-refractivity contribution >= 4 is 10.0 Å². The summed E-state index contributed by atoms with van der Waals surface area (Å²) in [4.78, 5) is 4.24. The van der Waals surface area contributed by atoms with Crippen molar-refractivity contribution in [1.82, 2.24) is 14.4 Å². The van der Waals surface area contributed by atoms with Gasteiger partial charge in [-0.15, -0.1) is 0 Å². The minimum atomic E-state index is -3.33. The number of sulfonamides is 1. The molecule has 1 aromatic heterocycles. The fraction of sp³-hybridized carbons (Fsp3) is 0.467. The number of benzene rings is 1. The lowest BCUT2D eigenvalue weighted by Crippen LogP contribution is -2.39. The van der Waals surface area contributed by atoms with Crippen molar-refractivity contribution < 1.29 is 12.9 Å². The predicted molar refractivity (Wildman–Crippen MR) is 81.6 cm³/mol. The van der Waals surface area contributed by atoms with Gasteiger partial charge in [-0.1, -0.05) is 35.5 Å². The number of aryl methyl sites for hydroxylation is 1. The molecule has 1 aliphatic rings. The molecule has 22 heavy (non-hydrogen) atoms. The van der Waals surface area contributed by atoms with Gasteiger partial charge >= 0.3 is 0 Å². The lowest BCUT2D eigenvalue weighted by molar-refractivity contribution is 0.265. The van der Waals surface area contributed by atoms with Crippen LogP contribution in [0.1, 0.15) is 36.0 Å². The number of piperidine rings is 1. The fourth-order valence-corrected chi connectivity index (χ4v) is 4.36. The molecule has 0 saturated carbocycles. The summed E-state index contributed by atoms with van der Waals surface area (Å²) in [5.41, 5.74) is 0.804. The third-order valence-corrected chi connectivity index (χ3v) is 5.68. The molecule has 0 spiro atoms. The second kappa shape index (κ2) is 6.18. The number of aromatic nitrogens is 2. The zero-order valence-corrected chi connectivity index (χ0v) is 13.3. The van der Waals surface area contributed by atoms with E-state index in [4.69, 9.17) is 4.52 Å². The number of hydrogen-bond donors (Lipinski definition) is 0. The van der Waals surface area contributed by atoms with Crippen LogP contribution < -0.4 is 0 Å². The van der Waals surface area contributed by atoms with Crippen LogP contribution in [0.4, 0.5) is 0 Å². The topological polar surface area (TPSA) is 76.3 Å². The summed E-state index contributed by atoms with van der Waals surface area (Å²) < 4.78 is 31.9. The minimum absolute atomic E-state index is 0.0134. The van der Waals surface area contributed by atoms with Gasteiger partial charge in [-0.25, -0.2) is 12.7 Å². The zero-order chi connectivity index (χ0) is 15.6. The van der Waals surface area contributed by atoms with Crippen LogP contribution in [-0.4, -0.2) is 36.0 Å². The smallest absolute Gasteiger partial charge is 0.231 e. The molecular weight excluding hydrogens is 302 g/mol. The fourth-order valence-electron chi connectivity index (χ4n) is 2.75. The summed E-state index contributed by atoms with van der Waals surface area (Å²) in [6, 6.07) is 9.25. The van der Waals surface area contributed by atoms with E-state index >= 15 is 0 Å². The Kier molecular flexibility index (Phi) is 4.26. The monoisotopic (exact) mass is 321 g/mol. The first-order valence-corrected chi connectivity index (χ1v) is 8.97. The molecule has 1 atom stereocenters. The number of nitrogens with zero attached hydrogens (tertiary/aromatic N) is 3. The van der Waals surface area contributed by atoms with Crippen molar-refractivity contribution in [3.05, 3.63) is 47.6 Å². The second-order valence-corrected chi connectivity index (χ2v) is 7.59. The molecule has 2 heterocycles. The third-order valence-electron chi connectivity index (χ3n) is 3.86. The Morgan fingerprint density at radius 1 is 1.32 bits per heavy atom. The normalized spacial score (nSPS) is 20.1. The molecule has 1 aliphatic heterocycles. The van der Waals surface area contributed by atoms with E-state index in [9.17, 15) is 8.42 Å². The van der Waals surface area contributed by atoms with E-state index < -0.39 is 10.0 Å². The maximum Gasteiger partial charge on any atom is 0.231 e. The molecule has 0 unspecified atom stereocenters. The lowest BCUT2D eigenvalue weighted by Gasteiger charge is -2.30. The number of rotatable bonds is 4. The molecule has 0 N–H and O–H groups in total. The molecule has 1 saturated heterocycles. The Morgan fingerprint density at radius 2 is 2.09 bits per heavy atom. The van der Waals surface area contributed by atoms with Gasteiger partial charge < -0.3 is 4.52 Å². The quantitative estimate of drug-likeness (QED) is 0.862. The van der Waals surface area contributed by atoms with Crippen molar-refractivity contribution in [3.8, 4) is 0 Å². The summed E-state index contributed by atoms with van der Waals surface area (Å²) >= 11 is 0. The Balaban J connectivity index is 1.73. The molecule has 0 amide bonds. The summed E-state index contributed by atoms with van der Waals surface area (Å²) in [6.45, 7) is 2.73. The van der Waals surface area contributed by atoms with Crippen LogP contribution in [0.3, 0.4) is 0 Å². The van der Waals surface area contributed by atoms with Gasteiger partial charge in [0.2, 0.25) is 15.9 Å². The largest absolute Gasteiger partial charge is 0.339 e. The van der Waals surface area contributed by atoms with Crippen molar-refractivity contribution in [3.63, 3.8) is 0 Å².